The van der Waals surface area contributed by atoms with Crippen molar-refractivity contribution in [2.45, 2.75) is 25.0 Å². The summed E-state index contributed by atoms with van der Waals surface area (Å²) in [5, 5.41) is 11.0. The number of piperidine rings is 3. The Balaban J connectivity index is 1.63. The standard InChI is InChI=1S/C19H20N2O3/c1-2-11-10-21-6-5-12(11)7-17(21)19(24)15-9-18(23)20-16-4-3-13(22)8-14(15)16/h2-4,8-9,11-12,17,19,24H,1,5-7,10H2/t11-,12-,17-,19+/m0/s1. The minimum atomic E-state index is -0.793. The number of allylic oxidation sites excluding steroid dienone is 3. The van der Waals surface area contributed by atoms with Crippen molar-refractivity contribution < 1.29 is 14.7 Å². The summed E-state index contributed by atoms with van der Waals surface area (Å²) in [7, 11) is 0. The molecule has 24 heavy (non-hydrogen) atoms. The summed E-state index contributed by atoms with van der Waals surface area (Å²) in [4.78, 5) is 29.9. The van der Waals surface area contributed by atoms with Crippen molar-refractivity contribution in [3.05, 3.63) is 48.1 Å². The van der Waals surface area contributed by atoms with Crippen LogP contribution in [0, 0.1) is 11.8 Å². The van der Waals surface area contributed by atoms with Crippen LogP contribution < -0.4 is 0 Å². The molecular weight excluding hydrogens is 304 g/mol. The highest BCUT2D eigenvalue weighted by molar-refractivity contribution is 6.26. The zero-order chi connectivity index (χ0) is 16.8. The lowest BCUT2D eigenvalue weighted by Crippen LogP contribution is -2.57. The van der Waals surface area contributed by atoms with Crippen LogP contribution in [0.1, 0.15) is 12.8 Å². The summed E-state index contributed by atoms with van der Waals surface area (Å²) in [5.41, 5.74) is 1.57. The Morgan fingerprint density at radius 2 is 2.17 bits per heavy atom. The van der Waals surface area contributed by atoms with Crippen LogP contribution in [-0.2, 0) is 9.59 Å². The lowest BCUT2D eigenvalue weighted by molar-refractivity contribution is -0.114. The van der Waals surface area contributed by atoms with E-state index in [1.165, 1.54) is 18.2 Å². The number of fused-ring (bicyclic) bond motifs is 4. The van der Waals surface area contributed by atoms with E-state index in [0.29, 0.717) is 28.7 Å². The van der Waals surface area contributed by atoms with E-state index in [9.17, 15) is 14.7 Å². The second kappa shape index (κ2) is 5.76. The average Bonchev–Trinajstić information content (AvgIpc) is 2.61. The van der Waals surface area contributed by atoms with Crippen molar-refractivity contribution in [1.82, 2.24) is 4.90 Å². The van der Waals surface area contributed by atoms with E-state index in [-0.39, 0.29) is 17.7 Å². The summed E-state index contributed by atoms with van der Waals surface area (Å²) in [6, 6.07) is -0.0275. The maximum Gasteiger partial charge on any atom is 0.270 e. The Hall–Kier alpha value is -2.11. The van der Waals surface area contributed by atoms with Gasteiger partial charge in [0, 0.05) is 24.2 Å². The fourth-order valence-electron chi connectivity index (χ4n) is 4.36. The third kappa shape index (κ3) is 2.44. The van der Waals surface area contributed by atoms with Crippen molar-refractivity contribution in [2.75, 3.05) is 13.1 Å². The number of aliphatic hydroxyl groups is 1. The lowest BCUT2D eigenvalue weighted by Gasteiger charge is -2.51. The number of carbonyl (C=O) groups is 2. The van der Waals surface area contributed by atoms with E-state index in [2.05, 4.69) is 16.5 Å². The van der Waals surface area contributed by atoms with Crippen LogP contribution in [0.25, 0.3) is 0 Å². The van der Waals surface area contributed by atoms with Gasteiger partial charge in [0.15, 0.2) is 5.78 Å². The number of aliphatic hydroxyl groups excluding tert-OH is 1. The number of amides is 1. The predicted octanol–water partition coefficient (Wildman–Crippen LogP) is 1.22. The van der Waals surface area contributed by atoms with Gasteiger partial charge in [-0.1, -0.05) is 6.08 Å². The van der Waals surface area contributed by atoms with E-state index in [1.807, 2.05) is 6.08 Å². The largest absolute Gasteiger partial charge is 0.387 e. The highest BCUT2D eigenvalue weighted by Gasteiger charge is 2.43. The SMILES string of the molecule is C=C[C@H]1CN2CC[C@H]1C[C@H]2[C@H](O)C1=CC(=O)N=C2C=CC(=O)C=C12. The molecule has 0 aromatic rings. The van der Waals surface area contributed by atoms with Gasteiger partial charge in [0.1, 0.15) is 0 Å². The number of hydrogen-bond acceptors (Lipinski definition) is 4. The minimum absolute atomic E-state index is 0.0275. The second-order valence-corrected chi connectivity index (χ2v) is 6.92. The van der Waals surface area contributed by atoms with E-state index in [4.69, 9.17) is 0 Å². The van der Waals surface area contributed by atoms with Crippen LogP contribution in [-0.4, -0.2) is 52.6 Å². The first-order chi connectivity index (χ1) is 11.6. The molecule has 5 atom stereocenters. The summed E-state index contributed by atoms with van der Waals surface area (Å²) in [5.74, 6) is 0.477. The van der Waals surface area contributed by atoms with Crippen molar-refractivity contribution in [2.24, 2.45) is 16.8 Å². The number of nitrogens with zero attached hydrogens (tertiary/aromatic N) is 2. The lowest BCUT2D eigenvalue weighted by atomic mass is 9.72. The highest BCUT2D eigenvalue weighted by atomic mass is 16.3. The van der Waals surface area contributed by atoms with Gasteiger partial charge < -0.3 is 5.11 Å². The average molecular weight is 324 g/mol. The van der Waals surface area contributed by atoms with Gasteiger partial charge in [-0.3, -0.25) is 14.5 Å². The molecule has 5 aliphatic rings. The number of hydrogen-bond donors (Lipinski definition) is 1. The molecule has 0 spiro atoms. The molecule has 4 heterocycles. The van der Waals surface area contributed by atoms with E-state index in [1.54, 1.807) is 6.08 Å². The van der Waals surface area contributed by atoms with Gasteiger partial charge in [0.05, 0.1) is 11.8 Å². The van der Waals surface area contributed by atoms with Crippen LogP contribution >= 0.6 is 0 Å². The van der Waals surface area contributed by atoms with Gasteiger partial charge >= 0.3 is 0 Å². The molecule has 1 aliphatic carbocycles. The van der Waals surface area contributed by atoms with Crippen LogP contribution in [0.2, 0.25) is 0 Å². The van der Waals surface area contributed by atoms with Gasteiger partial charge in [-0.05, 0) is 55.0 Å². The monoisotopic (exact) mass is 324 g/mol. The van der Waals surface area contributed by atoms with Gasteiger partial charge in [0.2, 0.25) is 0 Å². The van der Waals surface area contributed by atoms with Gasteiger partial charge in [-0.25, -0.2) is 4.99 Å². The van der Waals surface area contributed by atoms with Crippen molar-refractivity contribution in [3.63, 3.8) is 0 Å². The fourth-order valence-corrected chi connectivity index (χ4v) is 4.36. The molecule has 5 nitrogen and oxygen atoms in total. The first kappa shape index (κ1) is 15.4. The summed E-state index contributed by atoms with van der Waals surface area (Å²) >= 11 is 0. The van der Waals surface area contributed by atoms with E-state index >= 15 is 0 Å². The van der Waals surface area contributed by atoms with Crippen LogP contribution in [0.5, 0.6) is 0 Å². The molecule has 1 unspecified atom stereocenters. The first-order valence-corrected chi connectivity index (χ1v) is 8.40. The topological polar surface area (TPSA) is 70.0 Å². The molecule has 5 heteroatoms. The molecule has 3 fully saturated rings. The number of dihydropyridines is 1. The molecule has 2 bridgehead atoms. The second-order valence-electron chi connectivity index (χ2n) is 6.92. The van der Waals surface area contributed by atoms with E-state index in [0.717, 1.165) is 25.9 Å². The number of aliphatic imine (C=N–C) groups is 1. The normalized spacial score (nSPS) is 35.8. The zero-order valence-corrected chi connectivity index (χ0v) is 13.4. The first-order valence-electron chi connectivity index (χ1n) is 8.40. The van der Waals surface area contributed by atoms with Crippen molar-refractivity contribution in [1.29, 1.82) is 0 Å². The maximum absolute atomic E-state index is 11.9. The molecule has 3 saturated heterocycles. The Morgan fingerprint density at radius 3 is 2.88 bits per heavy atom. The smallest absolute Gasteiger partial charge is 0.270 e. The van der Waals surface area contributed by atoms with Gasteiger partial charge in [0.25, 0.3) is 5.91 Å². The number of ketones is 1. The number of carbonyl (C=O) groups excluding carboxylic acids is 2. The Bertz CT molecular complexity index is 744. The summed E-state index contributed by atoms with van der Waals surface area (Å²) in [6.45, 7) is 5.77. The molecule has 1 amide bonds. The van der Waals surface area contributed by atoms with Crippen molar-refractivity contribution in [3.8, 4) is 0 Å². The molecule has 5 rings (SSSR count). The quantitative estimate of drug-likeness (QED) is 0.626. The van der Waals surface area contributed by atoms with Gasteiger partial charge in [-0.15, -0.1) is 6.58 Å². The summed E-state index contributed by atoms with van der Waals surface area (Å²) in [6.07, 6.45) is 9.01. The molecule has 0 saturated carbocycles. The molecule has 0 aromatic carbocycles. The molecule has 0 radical (unpaired) electrons. The van der Waals surface area contributed by atoms with Crippen LogP contribution in [0.3, 0.4) is 0 Å². The molecular formula is C19H20N2O3. The van der Waals surface area contributed by atoms with Crippen LogP contribution in [0.4, 0.5) is 0 Å². The highest BCUT2D eigenvalue weighted by Crippen LogP contribution is 2.40. The number of rotatable bonds is 3. The summed E-state index contributed by atoms with van der Waals surface area (Å²) < 4.78 is 0. The molecule has 0 aromatic heterocycles. The maximum atomic E-state index is 11.9. The predicted molar refractivity (Wildman–Crippen MR) is 90.5 cm³/mol. The minimum Gasteiger partial charge on any atom is -0.387 e. The van der Waals surface area contributed by atoms with Gasteiger partial charge in [-0.2, -0.15) is 0 Å². The molecule has 124 valence electrons. The Labute approximate surface area is 140 Å². The molecule has 1 N–H and O–H groups in total. The molecule has 4 aliphatic heterocycles. The third-order valence-electron chi connectivity index (χ3n) is 5.63. The fraction of sp³-hybridized carbons (Fsp3) is 0.421. The van der Waals surface area contributed by atoms with Crippen molar-refractivity contribution >= 4 is 17.4 Å². The third-order valence-corrected chi connectivity index (χ3v) is 5.63. The zero-order valence-electron chi connectivity index (χ0n) is 13.4. The Morgan fingerprint density at radius 1 is 1.33 bits per heavy atom. The Kier molecular flexibility index (Phi) is 3.70. The van der Waals surface area contributed by atoms with Crippen LogP contribution in [0.15, 0.2) is 53.1 Å². The van der Waals surface area contributed by atoms with E-state index < -0.39 is 6.10 Å².